The lowest BCUT2D eigenvalue weighted by molar-refractivity contribution is -0.142. The molecule has 1 rings (SSSR count). The lowest BCUT2D eigenvalue weighted by Crippen LogP contribution is -2.15. The van der Waals surface area contributed by atoms with Crippen molar-refractivity contribution in [2.24, 2.45) is 5.73 Å². The first-order valence-electron chi connectivity index (χ1n) is 5.62. The Morgan fingerprint density at radius 2 is 2.22 bits per heavy atom. The van der Waals surface area contributed by atoms with Gasteiger partial charge in [0.2, 0.25) is 0 Å². The number of nitrogens with zero attached hydrogens (tertiary/aromatic N) is 1. The van der Waals surface area contributed by atoms with Gasteiger partial charge in [-0.3, -0.25) is 9.78 Å². The van der Waals surface area contributed by atoms with Crippen molar-refractivity contribution in [3.8, 4) is 0 Å². The summed E-state index contributed by atoms with van der Waals surface area (Å²) in [4.78, 5) is 15.4. The summed E-state index contributed by atoms with van der Waals surface area (Å²) >= 11 is 0. The molecule has 0 radical (unpaired) electrons. The average Bonchev–Trinajstić information content (AvgIpc) is 2.29. The number of halogens is 2. The number of ether oxygens (including phenoxy) is 1. The van der Waals surface area contributed by atoms with Gasteiger partial charge < -0.3 is 10.5 Å². The molecular weight excluding hydrogens is 242 g/mol. The molecule has 2 N–H and O–H groups in total. The van der Waals surface area contributed by atoms with Gasteiger partial charge >= 0.3 is 5.97 Å². The number of esters is 1. The van der Waals surface area contributed by atoms with E-state index in [1.54, 1.807) is 6.92 Å². The average molecular weight is 258 g/mol. The third-order valence-corrected chi connectivity index (χ3v) is 2.55. The van der Waals surface area contributed by atoms with Gasteiger partial charge in [-0.2, -0.15) is 0 Å². The Balaban J connectivity index is 3.19. The van der Waals surface area contributed by atoms with Gasteiger partial charge in [-0.05, 0) is 25.0 Å². The molecule has 0 amide bonds. The summed E-state index contributed by atoms with van der Waals surface area (Å²) in [6.45, 7) is 3.41. The number of carbonyl (C=O) groups excluding carboxylic acids is 1. The second-order valence-corrected chi connectivity index (χ2v) is 3.77. The Morgan fingerprint density at radius 1 is 1.56 bits per heavy atom. The Kier molecular flexibility index (Phi) is 5.15. The van der Waals surface area contributed by atoms with Gasteiger partial charge in [-0.15, -0.1) is 0 Å². The summed E-state index contributed by atoms with van der Waals surface area (Å²) in [6.07, 6.45) is -1.55. The fourth-order valence-electron chi connectivity index (χ4n) is 1.75. The molecule has 4 nitrogen and oxygen atoms in total. The molecule has 6 heteroatoms. The van der Waals surface area contributed by atoms with Gasteiger partial charge in [-0.25, -0.2) is 8.78 Å². The molecule has 0 fully saturated rings. The zero-order valence-corrected chi connectivity index (χ0v) is 10.4. The monoisotopic (exact) mass is 258 g/mol. The number of alkyl halides is 2. The van der Waals surface area contributed by atoms with Crippen LogP contribution in [-0.2, 0) is 22.5 Å². The predicted molar refractivity (Wildman–Crippen MR) is 62.2 cm³/mol. The molecule has 0 aromatic carbocycles. The van der Waals surface area contributed by atoms with E-state index < -0.39 is 12.4 Å². The summed E-state index contributed by atoms with van der Waals surface area (Å²) in [6, 6.07) is 0. The van der Waals surface area contributed by atoms with Gasteiger partial charge in [0, 0.05) is 18.3 Å². The Labute approximate surface area is 104 Å². The number of pyridine rings is 1. The maximum absolute atomic E-state index is 13.0. The van der Waals surface area contributed by atoms with Gasteiger partial charge in [0.15, 0.2) is 0 Å². The van der Waals surface area contributed by atoms with Crippen LogP contribution in [0.25, 0.3) is 0 Å². The van der Waals surface area contributed by atoms with E-state index >= 15 is 0 Å². The van der Waals surface area contributed by atoms with E-state index in [0.29, 0.717) is 11.3 Å². The fourth-order valence-corrected chi connectivity index (χ4v) is 1.75. The highest BCUT2D eigenvalue weighted by atomic mass is 19.3. The highest BCUT2D eigenvalue weighted by Crippen LogP contribution is 2.28. The lowest BCUT2D eigenvalue weighted by atomic mass is 9.99. The number of rotatable bonds is 5. The van der Waals surface area contributed by atoms with Crippen molar-refractivity contribution < 1.29 is 18.3 Å². The van der Waals surface area contributed by atoms with E-state index in [4.69, 9.17) is 10.5 Å². The highest BCUT2D eigenvalue weighted by Gasteiger charge is 2.21. The molecule has 0 spiro atoms. The molecule has 0 aliphatic heterocycles. The molecule has 0 atom stereocenters. The maximum atomic E-state index is 13.0. The predicted octanol–water partition coefficient (Wildman–Crippen LogP) is 1.89. The summed E-state index contributed by atoms with van der Waals surface area (Å²) in [5, 5.41) is 0. The molecule has 18 heavy (non-hydrogen) atoms. The van der Waals surface area contributed by atoms with Crippen molar-refractivity contribution in [3.05, 3.63) is 28.6 Å². The van der Waals surface area contributed by atoms with Gasteiger partial charge in [0.05, 0.1) is 18.7 Å². The summed E-state index contributed by atoms with van der Waals surface area (Å²) in [5.74, 6) is -0.554. The van der Waals surface area contributed by atoms with Crippen molar-refractivity contribution in [2.75, 3.05) is 6.61 Å². The van der Waals surface area contributed by atoms with E-state index in [0.717, 1.165) is 0 Å². The van der Waals surface area contributed by atoms with Gasteiger partial charge in [-0.1, -0.05) is 0 Å². The normalized spacial score (nSPS) is 10.8. The largest absolute Gasteiger partial charge is 0.466 e. The van der Waals surface area contributed by atoms with Crippen LogP contribution in [0.5, 0.6) is 0 Å². The van der Waals surface area contributed by atoms with Gasteiger partial charge in [0.25, 0.3) is 6.43 Å². The summed E-state index contributed by atoms with van der Waals surface area (Å²) < 4.78 is 30.8. The van der Waals surface area contributed by atoms with Crippen molar-refractivity contribution in [1.29, 1.82) is 0 Å². The molecule has 1 heterocycles. The number of hydrogen-bond acceptors (Lipinski definition) is 4. The second kappa shape index (κ2) is 6.39. The maximum Gasteiger partial charge on any atom is 0.310 e. The van der Waals surface area contributed by atoms with Crippen LogP contribution in [-0.4, -0.2) is 17.6 Å². The standard InChI is InChI=1S/C12H16F2N2O2/c1-3-18-10(17)4-8-9(5-15)16-6-7(2)11(8)12(13)14/h6,12H,3-5,15H2,1-2H3. The van der Waals surface area contributed by atoms with Crippen LogP contribution in [0.15, 0.2) is 6.20 Å². The van der Waals surface area contributed by atoms with Crippen LogP contribution < -0.4 is 5.73 Å². The van der Waals surface area contributed by atoms with Crippen molar-refractivity contribution in [1.82, 2.24) is 4.98 Å². The Hall–Kier alpha value is -1.56. The van der Waals surface area contributed by atoms with E-state index in [1.807, 2.05) is 0 Å². The van der Waals surface area contributed by atoms with Crippen molar-refractivity contribution in [2.45, 2.75) is 33.2 Å². The molecular formula is C12H16F2N2O2. The minimum absolute atomic E-state index is 0.00867. The molecule has 0 bridgehead atoms. The summed E-state index contributed by atoms with van der Waals surface area (Å²) in [7, 11) is 0. The van der Waals surface area contributed by atoms with Crippen LogP contribution in [0.1, 0.15) is 35.7 Å². The second-order valence-electron chi connectivity index (χ2n) is 3.77. The van der Waals surface area contributed by atoms with Crippen LogP contribution >= 0.6 is 0 Å². The highest BCUT2D eigenvalue weighted by molar-refractivity contribution is 5.73. The van der Waals surface area contributed by atoms with E-state index in [9.17, 15) is 13.6 Å². The molecule has 0 saturated heterocycles. The molecule has 0 aliphatic carbocycles. The van der Waals surface area contributed by atoms with Crippen LogP contribution in [0.3, 0.4) is 0 Å². The first kappa shape index (κ1) is 14.5. The van der Waals surface area contributed by atoms with Crippen molar-refractivity contribution in [3.63, 3.8) is 0 Å². The number of carbonyl (C=O) groups is 1. The SMILES string of the molecule is CCOC(=O)Cc1c(CN)ncc(C)c1C(F)F. The first-order valence-corrected chi connectivity index (χ1v) is 5.62. The fraction of sp³-hybridized carbons (Fsp3) is 0.500. The van der Waals surface area contributed by atoms with E-state index in [2.05, 4.69) is 4.98 Å². The number of aryl methyl sites for hydroxylation is 1. The van der Waals surface area contributed by atoms with E-state index in [1.165, 1.54) is 13.1 Å². The molecule has 0 saturated carbocycles. The Bertz CT molecular complexity index is 436. The zero-order chi connectivity index (χ0) is 13.7. The van der Waals surface area contributed by atoms with Crippen LogP contribution in [0.2, 0.25) is 0 Å². The minimum atomic E-state index is -2.66. The molecule has 0 unspecified atom stereocenters. The number of aromatic nitrogens is 1. The van der Waals surface area contributed by atoms with Crippen LogP contribution in [0.4, 0.5) is 8.78 Å². The molecule has 1 aromatic heterocycles. The molecule has 1 aromatic rings. The third kappa shape index (κ3) is 3.22. The summed E-state index contributed by atoms with van der Waals surface area (Å²) in [5.41, 5.74) is 6.14. The van der Waals surface area contributed by atoms with Crippen molar-refractivity contribution >= 4 is 5.97 Å². The van der Waals surface area contributed by atoms with Crippen LogP contribution in [0, 0.1) is 6.92 Å². The van der Waals surface area contributed by atoms with Gasteiger partial charge in [0.1, 0.15) is 0 Å². The molecule has 0 aliphatic rings. The third-order valence-electron chi connectivity index (χ3n) is 2.55. The number of hydrogen-bond donors (Lipinski definition) is 1. The molecule has 100 valence electrons. The quantitative estimate of drug-likeness (QED) is 0.819. The Morgan fingerprint density at radius 3 is 2.72 bits per heavy atom. The lowest BCUT2D eigenvalue weighted by Gasteiger charge is -2.14. The number of nitrogens with two attached hydrogens (primary N) is 1. The topological polar surface area (TPSA) is 65.2 Å². The van der Waals surface area contributed by atoms with E-state index in [-0.39, 0.29) is 30.7 Å². The zero-order valence-electron chi connectivity index (χ0n) is 10.4. The minimum Gasteiger partial charge on any atom is -0.466 e. The first-order chi connectivity index (χ1) is 8.51. The smallest absolute Gasteiger partial charge is 0.310 e.